The number of aryl methyl sites for hydroxylation is 1. The first-order valence-electron chi connectivity index (χ1n) is 8.90. The number of hydrogen-bond donors (Lipinski definition) is 0. The number of carbonyl (C=O) groups excluding carboxylic acids is 1. The summed E-state index contributed by atoms with van der Waals surface area (Å²) < 4.78 is 5.79. The lowest BCUT2D eigenvalue weighted by Crippen LogP contribution is -2.31. The second kappa shape index (κ2) is 8.41. The van der Waals surface area contributed by atoms with Crippen LogP contribution in [0.15, 0.2) is 36.5 Å². The van der Waals surface area contributed by atoms with Crippen molar-refractivity contribution < 1.29 is 9.53 Å². The molecule has 0 saturated carbocycles. The summed E-state index contributed by atoms with van der Waals surface area (Å²) in [5.41, 5.74) is 1.74. The second-order valence-electron chi connectivity index (χ2n) is 6.58. The Bertz CT molecular complexity index is 775. The summed E-state index contributed by atoms with van der Waals surface area (Å²) >= 11 is 6.20. The fourth-order valence-corrected chi connectivity index (χ4v) is 3.37. The zero-order chi connectivity index (χ0) is 18.5. The highest BCUT2D eigenvalue weighted by molar-refractivity contribution is 6.32. The number of amides is 1. The molecule has 1 aromatic carbocycles. The molecule has 2 aromatic rings. The lowest BCUT2D eigenvalue weighted by atomic mass is 10.2. The van der Waals surface area contributed by atoms with Crippen molar-refractivity contribution in [2.45, 2.75) is 19.8 Å². The maximum absolute atomic E-state index is 12.8. The molecule has 0 spiro atoms. The number of carbonyl (C=O) groups is 1. The van der Waals surface area contributed by atoms with E-state index in [2.05, 4.69) is 4.98 Å². The molecule has 1 aliphatic rings. The van der Waals surface area contributed by atoms with E-state index in [4.69, 9.17) is 16.3 Å². The predicted octanol–water partition coefficient (Wildman–Crippen LogP) is 3.79. The molecule has 0 unspecified atom stereocenters. The van der Waals surface area contributed by atoms with E-state index in [0.29, 0.717) is 35.3 Å². The maximum Gasteiger partial charge on any atom is 0.257 e. The van der Waals surface area contributed by atoms with Gasteiger partial charge in [-0.25, -0.2) is 4.98 Å². The molecule has 6 heteroatoms. The van der Waals surface area contributed by atoms with E-state index >= 15 is 0 Å². The Balaban J connectivity index is 1.64. The fraction of sp³-hybridized carbons (Fsp3) is 0.400. The number of rotatable bonds is 6. The lowest BCUT2D eigenvalue weighted by molar-refractivity contribution is 0.0793. The minimum atomic E-state index is 0.0555. The first kappa shape index (κ1) is 18.5. The van der Waals surface area contributed by atoms with E-state index in [1.807, 2.05) is 54.1 Å². The van der Waals surface area contributed by atoms with Gasteiger partial charge in [0.2, 0.25) is 0 Å². The SMILES string of the molecule is Cc1ccc(OCCN(C)c2ncccc2C(=O)N2CCCC2)c(Cl)c1. The number of likely N-dealkylation sites (N-methyl/N-ethyl adjacent to an activating group) is 1. The first-order valence-corrected chi connectivity index (χ1v) is 9.28. The third-order valence-corrected chi connectivity index (χ3v) is 4.84. The van der Waals surface area contributed by atoms with E-state index in [1.165, 1.54) is 0 Å². The van der Waals surface area contributed by atoms with E-state index in [-0.39, 0.29) is 5.91 Å². The number of pyridine rings is 1. The Kier molecular flexibility index (Phi) is 5.99. The molecule has 3 rings (SSSR count). The number of halogens is 1. The van der Waals surface area contributed by atoms with Gasteiger partial charge >= 0.3 is 0 Å². The zero-order valence-corrected chi connectivity index (χ0v) is 16.0. The van der Waals surface area contributed by atoms with Gasteiger partial charge in [0.15, 0.2) is 0 Å². The van der Waals surface area contributed by atoms with Gasteiger partial charge in [-0.15, -0.1) is 0 Å². The molecule has 2 heterocycles. The largest absolute Gasteiger partial charge is 0.490 e. The minimum absolute atomic E-state index is 0.0555. The van der Waals surface area contributed by atoms with Gasteiger partial charge in [0.05, 0.1) is 17.1 Å². The normalized spacial score (nSPS) is 13.7. The molecule has 26 heavy (non-hydrogen) atoms. The van der Waals surface area contributed by atoms with Crippen LogP contribution in [0.25, 0.3) is 0 Å². The Morgan fingerprint density at radius 3 is 2.81 bits per heavy atom. The van der Waals surface area contributed by atoms with Gasteiger partial charge in [-0.1, -0.05) is 17.7 Å². The van der Waals surface area contributed by atoms with Crippen LogP contribution in [0.4, 0.5) is 5.82 Å². The average molecular weight is 374 g/mol. The smallest absolute Gasteiger partial charge is 0.257 e. The molecule has 1 saturated heterocycles. The van der Waals surface area contributed by atoms with Crippen LogP contribution < -0.4 is 9.64 Å². The van der Waals surface area contributed by atoms with Crippen molar-refractivity contribution in [1.82, 2.24) is 9.88 Å². The van der Waals surface area contributed by atoms with Crippen molar-refractivity contribution in [3.8, 4) is 5.75 Å². The minimum Gasteiger partial charge on any atom is -0.490 e. The van der Waals surface area contributed by atoms with Crippen molar-refractivity contribution in [2.24, 2.45) is 0 Å². The molecule has 0 N–H and O–H groups in total. The number of likely N-dealkylation sites (tertiary alicyclic amines) is 1. The highest BCUT2D eigenvalue weighted by atomic mass is 35.5. The van der Waals surface area contributed by atoms with Crippen LogP contribution >= 0.6 is 11.6 Å². The first-order chi connectivity index (χ1) is 12.6. The summed E-state index contributed by atoms with van der Waals surface area (Å²) in [4.78, 5) is 21.0. The van der Waals surface area contributed by atoms with E-state index < -0.39 is 0 Å². The summed E-state index contributed by atoms with van der Waals surface area (Å²) in [6.45, 7) is 4.69. The molecular formula is C20H24ClN3O2. The molecule has 138 valence electrons. The van der Waals surface area contributed by atoms with Gasteiger partial charge in [0.1, 0.15) is 18.2 Å². The van der Waals surface area contributed by atoms with Crippen LogP contribution in [0.5, 0.6) is 5.75 Å². The van der Waals surface area contributed by atoms with Crippen LogP contribution in [-0.2, 0) is 0 Å². The summed E-state index contributed by atoms with van der Waals surface area (Å²) in [6, 6.07) is 9.38. The Labute approximate surface area is 159 Å². The highest BCUT2D eigenvalue weighted by Crippen LogP contribution is 2.25. The number of aromatic nitrogens is 1. The van der Waals surface area contributed by atoms with Gasteiger partial charge < -0.3 is 14.5 Å². The third-order valence-electron chi connectivity index (χ3n) is 4.54. The lowest BCUT2D eigenvalue weighted by Gasteiger charge is -2.23. The maximum atomic E-state index is 12.8. The van der Waals surface area contributed by atoms with Crippen molar-refractivity contribution >= 4 is 23.3 Å². The van der Waals surface area contributed by atoms with Gasteiger partial charge in [0.25, 0.3) is 5.91 Å². The highest BCUT2D eigenvalue weighted by Gasteiger charge is 2.23. The van der Waals surface area contributed by atoms with Crippen LogP contribution in [0.3, 0.4) is 0 Å². The number of nitrogens with zero attached hydrogens (tertiary/aromatic N) is 3. The molecule has 1 aliphatic heterocycles. The van der Waals surface area contributed by atoms with Gasteiger partial charge in [-0.2, -0.15) is 0 Å². The van der Waals surface area contributed by atoms with Crippen LogP contribution in [-0.4, -0.2) is 49.1 Å². The van der Waals surface area contributed by atoms with Crippen molar-refractivity contribution in [3.63, 3.8) is 0 Å². The average Bonchev–Trinajstić information content (AvgIpc) is 3.17. The molecule has 0 radical (unpaired) electrons. The van der Waals surface area contributed by atoms with Crippen LogP contribution in [0.1, 0.15) is 28.8 Å². The molecule has 1 aromatic heterocycles. The summed E-state index contributed by atoms with van der Waals surface area (Å²) in [5.74, 6) is 1.41. The number of anilines is 1. The van der Waals surface area contributed by atoms with Crippen molar-refractivity contribution in [2.75, 3.05) is 38.2 Å². The topological polar surface area (TPSA) is 45.7 Å². The quantitative estimate of drug-likeness (QED) is 0.772. The molecule has 0 bridgehead atoms. The van der Waals surface area contributed by atoms with E-state index in [1.54, 1.807) is 6.20 Å². The number of ether oxygens (including phenoxy) is 1. The Hall–Kier alpha value is -2.27. The Morgan fingerprint density at radius 1 is 1.31 bits per heavy atom. The van der Waals surface area contributed by atoms with Gasteiger partial charge in [-0.3, -0.25) is 4.79 Å². The molecule has 0 atom stereocenters. The molecular weight excluding hydrogens is 350 g/mol. The molecule has 1 amide bonds. The van der Waals surface area contributed by atoms with Gasteiger partial charge in [0, 0.05) is 26.3 Å². The van der Waals surface area contributed by atoms with Crippen molar-refractivity contribution in [1.29, 1.82) is 0 Å². The standard InChI is InChI=1S/C20H24ClN3O2/c1-15-7-8-18(17(21)14-15)26-13-12-23(2)19-16(6-5-9-22-19)20(25)24-10-3-4-11-24/h5-9,14H,3-4,10-13H2,1-2H3. The van der Waals surface area contributed by atoms with Crippen LogP contribution in [0, 0.1) is 6.92 Å². The van der Waals surface area contributed by atoms with Crippen molar-refractivity contribution in [3.05, 3.63) is 52.7 Å². The molecule has 1 fully saturated rings. The summed E-state index contributed by atoms with van der Waals surface area (Å²) in [6.07, 6.45) is 3.86. The van der Waals surface area contributed by atoms with E-state index in [9.17, 15) is 4.79 Å². The monoisotopic (exact) mass is 373 g/mol. The fourth-order valence-electron chi connectivity index (χ4n) is 3.08. The predicted molar refractivity (Wildman–Crippen MR) is 104 cm³/mol. The second-order valence-corrected chi connectivity index (χ2v) is 6.98. The van der Waals surface area contributed by atoms with Gasteiger partial charge in [-0.05, 0) is 49.6 Å². The zero-order valence-electron chi connectivity index (χ0n) is 15.2. The molecule has 0 aliphatic carbocycles. The van der Waals surface area contributed by atoms with E-state index in [0.717, 1.165) is 31.5 Å². The third kappa shape index (κ3) is 4.28. The van der Waals surface area contributed by atoms with Crippen LogP contribution in [0.2, 0.25) is 5.02 Å². The summed E-state index contributed by atoms with van der Waals surface area (Å²) in [7, 11) is 1.92. The molecule has 5 nitrogen and oxygen atoms in total. The Morgan fingerprint density at radius 2 is 2.08 bits per heavy atom. The summed E-state index contributed by atoms with van der Waals surface area (Å²) in [5, 5.41) is 0.607. The number of hydrogen-bond acceptors (Lipinski definition) is 4. The number of benzene rings is 1.